The third kappa shape index (κ3) is 2.56. The monoisotopic (exact) mass is 347 g/mol. The van der Waals surface area contributed by atoms with E-state index < -0.39 is 0 Å². The van der Waals surface area contributed by atoms with Gasteiger partial charge in [0.25, 0.3) is 0 Å². The van der Waals surface area contributed by atoms with E-state index in [9.17, 15) is 0 Å². The highest BCUT2D eigenvalue weighted by Gasteiger charge is 2.43. The van der Waals surface area contributed by atoms with Gasteiger partial charge >= 0.3 is 0 Å². The Morgan fingerprint density at radius 2 is 1.85 bits per heavy atom. The van der Waals surface area contributed by atoms with E-state index in [4.69, 9.17) is 10.1 Å². The summed E-state index contributed by atoms with van der Waals surface area (Å²) in [5.41, 5.74) is 9.65. The molecule has 0 saturated heterocycles. The van der Waals surface area contributed by atoms with Crippen LogP contribution in [0.3, 0.4) is 0 Å². The lowest BCUT2D eigenvalue weighted by atomic mass is 9.78. The summed E-state index contributed by atoms with van der Waals surface area (Å²) in [5.74, 6) is 0.770. The maximum Gasteiger partial charge on any atom is 0.163 e. The van der Waals surface area contributed by atoms with Crippen molar-refractivity contribution in [2.75, 3.05) is 0 Å². The number of hydrogen-bond donors (Lipinski definition) is 0. The van der Waals surface area contributed by atoms with Crippen molar-refractivity contribution in [3.8, 4) is 11.1 Å². The van der Waals surface area contributed by atoms with Crippen molar-refractivity contribution in [2.24, 2.45) is 5.92 Å². The molecular weight excluding hydrogens is 318 g/mol. The van der Waals surface area contributed by atoms with Crippen LogP contribution >= 0.6 is 0 Å². The molecule has 1 atom stereocenters. The molecule has 0 amide bonds. The molecule has 3 aromatic rings. The van der Waals surface area contributed by atoms with Crippen molar-refractivity contribution in [2.45, 2.75) is 66.2 Å². The van der Waals surface area contributed by atoms with Gasteiger partial charge in [0, 0.05) is 16.7 Å². The zero-order valence-corrected chi connectivity index (χ0v) is 16.8. The van der Waals surface area contributed by atoms with Gasteiger partial charge < -0.3 is 0 Å². The van der Waals surface area contributed by atoms with Crippen molar-refractivity contribution < 1.29 is 0 Å². The summed E-state index contributed by atoms with van der Waals surface area (Å²) >= 11 is 0. The molecule has 0 bridgehead atoms. The average molecular weight is 348 g/mol. The largest absolute Gasteiger partial charge is 0.233 e. The molecule has 1 aromatic carbocycles. The fourth-order valence-electron chi connectivity index (χ4n) is 4.46. The van der Waals surface area contributed by atoms with E-state index in [0.717, 1.165) is 29.4 Å². The van der Waals surface area contributed by atoms with Crippen LogP contribution in [0.15, 0.2) is 24.3 Å². The van der Waals surface area contributed by atoms with Gasteiger partial charge in [0.05, 0.1) is 11.4 Å². The average Bonchev–Trinajstić information content (AvgIpc) is 3.39. The molecule has 1 saturated carbocycles. The summed E-state index contributed by atoms with van der Waals surface area (Å²) in [4.78, 5) is 4.93. The van der Waals surface area contributed by atoms with Crippen LogP contribution in [0.2, 0.25) is 0 Å². The van der Waals surface area contributed by atoms with Crippen LogP contribution in [0.4, 0.5) is 0 Å². The Kier molecular flexibility index (Phi) is 3.94. The van der Waals surface area contributed by atoms with Crippen LogP contribution in [0.5, 0.6) is 0 Å². The molecule has 2 heterocycles. The van der Waals surface area contributed by atoms with E-state index in [1.54, 1.807) is 0 Å². The predicted molar refractivity (Wildman–Crippen MR) is 108 cm³/mol. The summed E-state index contributed by atoms with van der Waals surface area (Å²) in [7, 11) is 0. The van der Waals surface area contributed by atoms with Gasteiger partial charge in [0.2, 0.25) is 0 Å². The van der Waals surface area contributed by atoms with Crippen molar-refractivity contribution in [1.29, 1.82) is 0 Å². The van der Waals surface area contributed by atoms with Gasteiger partial charge in [-0.3, -0.25) is 0 Å². The number of nitrogens with zero attached hydrogens (tertiary/aromatic N) is 3. The van der Waals surface area contributed by atoms with Gasteiger partial charge in [-0.15, -0.1) is 0 Å². The Bertz CT molecular complexity index is 994. The molecular formula is C23H29N3. The van der Waals surface area contributed by atoms with Crippen molar-refractivity contribution in [3.63, 3.8) is 0 Å². The Labute approximate surface area is 156 Å². The molecule has 1 fully saturated rings. The van der Waals surface area contributed by atoms with Gasteiger partial charge in [0.15, 0.2) is 5.65 Å². The molecule has 3 nitrogen and oxygen atoms in total. The number of aryl methyl sites for hydroxylation is 4. The molecule has 0 radical (unpaired) electrons. The normalized spacial score (nSPS) is 16.8. The van der Waals surface area contributed by atoms with E-state index in [0.29, 0.717) is 0 Å². The van der Waals surface area contributed by atoms with Gasteiger partial charge in [-0.2, -0.15) is 5.10 Å². The zero-order valence-electron chi connectivity index (χ0n) is 16.8. The topological polar surface area (TPSA) is 30.2 Å². The molecule has 26 heavy (non-hydrogen) atoms. The van der Waals surface area contributed by atoms with Crippen LogP contribution in [0, 0.1) is 33.6 Å². The highest BCUT2D eigenvalue weighted by atomic mass is 15.3. The number of aromatic nitrogens is 3. The summed E-state index contributed by atoms with van der Waals surface area (Å²) in [5, 5.41) is 4.97. The molecule has 1 unspecified atom stereocenters. The van der Waals surface area contributed by atoms with Gasteiger partial charge in [-0.25, -0.2) is 9.50 Å². The summed E-state index contributed by atoms with van der Waals surface area (Å²) in [6.07, 6.45) is 3.79. The molecule has 4 rings (SSSR count). The van der Waals surface area contributed by atoms with E-state index in [1.165, 1.54) is 40.8 Å². The van der Waals surface area contributed by atoms with Crippen LogP contribution in [-0.2, 0) is 5.41 Å². The lowest BCUT2D eigenvalue weighted by Gasteiger charge is -2.29. The molecule has 0 aliphatic heterocycles. The minimum Gasteiger partial charge on any atom is -0.233 e. The first-order chi connectivity index (χ1) is 12.3. The second kappa shape index (κ2) is 5.94. The van der Waals surface area contributed by atoms with E-state index in [-0.39, 0.29) is 5.41 Å². The lowest BCUT2D eigenvalue weighted by molar-refractivity contribution is 0.373. The predicted octanol–water partition coefficient (Wildman–Crippen LogP) is 5.71. The van der Waals surface area contributed by atoms with Crippen LogP contribution in [0.25, 0.3) is 16.8 Å². The highest BCUT2D eigenvalue weighted by molar-refractivity contribution is 5.82. The van der Waals surface area contributed by atoms with Crippen molar-refractivity contribution in [1.82, 2.24) is 14.6 Å². The molecule has 1 aliphatic rings. The Morgan fingerprint density at radius 3 is 2.46 bits per heavy atom. The maximum absolute atomic E-state index is 4.97. The standard InChI is InChI=1S/C23H29N3/c1-7-23(6,18-9-10-18)20-13-16(4)24-22-21(17(5)25-26(20)22)19-11-8-14(2)12-15(19)3/h8,11-13,18H,7,9-10H2,1-6H3. The molecule has 0 spiro atoms. The van der Waals surface area contributed by atoms with Gasteiger partial charge in [-0.1, -0.05) is 37.6 Å². The van der Waals surface area contributed by atoms with E-state index in [1.807, 2.05) is 0 Å². The summed E-state index contributed by atoms with van der Waals surface area (Å²) in [6, 6.07) is 8.91. The minimum atomic E-state index is 0.171. The quantitative estimate of drug-likeness (QED) is 0.605. The molecule has 136 valence electrons. The first-order valence-corrected chi connectivity index (χ1v) is 9.80. The van der Waals surface area contributed by atoms with Crippen LogP contribution in [0.1, 0.15) is 61.3 Å². The molecule has 1 aliphatic carbocycles. The Hall–Kier alpha value is -2.16. The van der Waals surface area contributed by atoms with Gasteiger partial charge in [0.1, 0.15) is 0 Å². The first kappa shape index (κ1) is 17.3. The smallest absolute Gasteiger partial charge is 0.163 e. The lowest BCUT2D eigenvalue weighted by Crippen LogP contribution is -2.27. The molecule has 0 N–H and O–H groups in total. The first-order valence-electron chi connectivity index (χ1n) is 9.80. The van der Waals surface area contributed by atoms with Crippen molar-refractivity contribution >= 4 is 5.65 Å². The fourth-order valence-corrected chi connectivity index (χ4v) is 4.46. The molecule has 2 aromatic heterocycles. The van der Waals surface area contributed by atoms with Gasteiger partial charge in [-0.05, 0) is 70.1 Å². The minimum absolute atomic E-state index is 0.171. The second-order valence-electron chi connectivity index (χ2n) is 8.34. The fraction of sp³-hybridized carbons (Fsp3) is 0.478. The number of rotatable bonds is 4. The summed E-state index contributed by atoms with van der Waals surface area (Å²) in [6.45, 7) is 13.3. The van der Waals surface area contributed by atoms with Crippen LogP contribution in [-0.4, -0.2) is 14.6 Å². The number of hydrogen-bond acceptors (Lipinski definition) is 2. The zero-order chi connectivity index (χ0) is 18.6. The SMILES string of the molecule is CCC(C)(c1cc(C)nc2c(-c3ccc(C)cc3C)c(C)nn12)C1CC1. The third-order valence-electron chi connectivity index (χ3n) is 6.34. The second-order valence-corrected chi connectivity index (χ2v) is 8.34. The summed E-state index contributed by atoms with van der Waals surface area (Å²) < 4.78 is 2.14. The van der Waals surface area contributed by atoms with Crippen LogP contribution < -0.4 is 0 Å². The van der Waals surface area contributed by atoms with E-state index >= 15 is 0 Å². The maximum atomic E-state index is 4.97. The Morgan fingerprint density at radius 1 is 1.12 bits per heavy atom. The van der Waals surface area contributed by atoms with Crippen molar-refractivity contribution in [3.05, 3.63) is 52.5 Å². The third-order valence-corrected chi connectivity index (χ3v) is 6.34. The highest BCUT2D eigenvalue weighted by Crippen LogP contribution is 2.49. The Balaban J connectivity index is 2.01. The number of benzene rings is 1. The molecule has 3 heteroatoms. The number of fused-ring (bicyclic) bond motifs is 1. The van der Waals surface area contributed by atoms with E-state index in [2.05, 4.69) is 70.3 Å².